The molecular formula is C40H46N2NiO8. The Morgan fingerprint density at radius 2 is 0.961 bits per heavy atom. The maximum atomic E-state index is 11.3. The predicted octanol–water partition coefficient (Wildman–Crippen LogP) is 9.52. The van der Waals surface area contributed by atoms with Crippen molar-refractivity contribution in [1.82, 2.24) is 0 Å². The van der Waals surface area contributed by atoms with Crippen molar-refractivity contribution in [3.05, 3.63) is 105 Å². The van der Waals surface area contributed by atoms with Gasteiger partial charge in [0.15, 0.2) is 0 Å². The second kappa shape index (κ2) is 20.5. The van der Waals surface area contributed by atoms with Crippen molar-refractivity contribution in [2.24, 2.45) is 9.98 Å². The zero-order valence-corrected chi connectivity index (χ0v) is 31.6. The second-order valence-corrected chi connectivity index (χ2v) is 12.4. The van der Waals surface area contributed by atoms with Crippen LogP contribution in [0.2, 0.25) is 0 Å². The maximum absolute atomic E-state index is 11.3. The van der Waals surface area contributed by atoms with Crippen LogP contribution in [0.5, 0.6) is 23.0 Å². The fourth-order valence-corrected chi connectivity index (χ4v) is 5.06. The molecule has 4 aromatic carbocycles. The number of hydrogen-bond donors (Lipinski definition) is 2. The number of aliphatic imine (C=N–C) groups is 2. The Kier molecular flexibility index (Phi) is 17.6. The van der Waals surface area contributed by atoms with Gasteiger partial charge in [-0.3, -0.25) is 9.98 Å². The first kappa shape index (κ1) is 43.9. The van der Waals surface area contributed by atoms with E-state index in [1.807, 2.05) is 6.21 Å². The third-order valence-electron chi connectivity index (χ3n) is 7.42. The van der Waals surface area contributed by atoms with E-state index < -0.39 is 12.3 Å². The Morgan fingerprint density at radius 1 is 0.608 bits per heavy atom. The molecule has 4 aromatic rings. The maximum Gasteiger partial charge on any atom is 2.00 e. The average Bonchev–Trinajstić information content (AvgIpc) is 3.01. The summed E-state index contributed by atoms with van der Waals surface area (Å²) in [5.74, 6) is -0.131. The minimum Gasteiger partial charge on any atom is -0.870 e. The molecule has 0 aromatic heterocycles. The van der Waals surface area contributed by atoms with Crippen LogP contribution in [0.25, 0.3) is 0 Å². The summed E-state index contributed by atoms with van der Waals surface area (Å²) in [5.41, 5.74) is 9.64. The van der Waals surface area contributed by atoms with Gasteiger partial charge in [-0.2, -0.15) is 0 Å². The fraction of sp³-hybridized carbons (Fsp3) is 0.300. The zero-order valence-electron chi connectivity index (χ0n) is 30.6. The van der Waals surface area contributed by atoms with Crippen molar-refractivity contribution >= 4 is 36.1 Å². The Morgan fingerprint density at radius 3 is 1.31 bits per heavy atom. The molecule has 0 fully saturated rings. The summed E-state index contributed by atoms with van der Waals surface area (Å²) in [5, 5.41) is 39.2. The van der Waals surface area contributed by atoms with Crippen LogP contribution >= 0.6 is 0 Å². The van der Waals surface area contributed by atoms with E-state index in [-0.39, 0.29) is 39.5 Å². The van der Waals surface area contributed by atoms with Gasteiger partial charge >= 0.3 is 28.8 Å². The topological polar surface area (TPSA) is 164 Å². The predicted molar refractivity (Wildman–Crippen MR) is 195 cm³/mol. The molecule has 0 atom stereocenters. The largest absolute Gasteiger partial charge is 2.00 e. The summed E-state index contributed by atoms with van der Waals surface area (Å²) in [6, 6.07) is 18.9. The molecule has 0 heterocycles. The van der Waals surface area contributed by atoms with Crippen molar-refractivity contribution in [2.75, 3.05) is 0 Å². The first-order valence-electron chi connectivity index (χ1n) is 16.1. The van der Waals surface area contributed by atoms with Crippen LogP contribution in [0.15, 0.2) is 70.6 Å². The first-order chi connectivity index (χ1) is 23.4. The monoisotopic (exact) mass is 740 g/mol. The van der Waals surface area contributed by atoms with Crippen molar-refractivity contribution in [2.45, 2.75) is 81.1 Å². The summed E-state index contributed by atoms with van der Waals surface area (Å²) in [7, 11) is 0. The number of nitrogens with zero attached hydrogens (tertiary/aromatic N) is 2. The molecule has 0 bridgehead atoms. The van der Waals surface area contributed by atoms with Gasteiger partial charge in [0.05, 0.1) is 11.4 Å². The minimum absolute atomic E-state index is 0. The third kappa shape index (κ3) is 13.6. The van der Waals surface area contributed by atoms with E-state index in [0.29, 0.717) is 23.0 Å². The SMILES string of the molecule is Cc1cc(C)c([O-])c(OC(=O)O)c1.Cc1cc(C)c([O-])c(OC(=O)O)c1.Cc1cccc(C)c1N=CC=Nc1c(C(C)C)cccc1C(C)C.[Ni+2]. The summed E-state index contributed by atoms with van der Waals surface area (Å²) in [6.45, 7) is 19.8. The van der Waals surface area contributed by atoms with Crippen LogP contribution in [-0.2, 0) is 16.5 Å². The van der Waals surface area contributed by atoms with E-state index in [9.17, 15) is 19.8 Å². The van der Waals surface area contributed by atoms with Crippen LogP contribution in [-0.4, -0.2) is 35.0 Å². The molecule has 0 aliphatic heterocycles. The van der Waals surface area contributed by atoms with Gasteiger partial charge in [0.25, 0.3) is 0 Å². The fourth-order valence-electron chi connectivity index (χ4n) is 5.06. The van der Waals surface area contributed by atoms with Gasteiger partial charge in [0.2, 0.25) is 0 Å². The van der Waals surface area contributed by atoms with Gasteiger partial charge in [-0.15, -0.1) is 0 Å². The molecule has 0 aliphatic rings. The average molecular weight is 742 g/mol. The first-order valence-corrected chi connectivity index (χ1v) is 16.1. The molecule has 0 unspecified atom stereocenters. The van der Waals surface area contributed by atoms with Crippen LogP contribution in [0.1, 0.15) is 84.0 Å². The Hall–Kier alpha value is -5.15. The molecule has 10 nitrogen and oxygen atoms in total. The summed E-state index contributed by atoms with van der Waals surface area (Å²) < 4.78 is 8.62. The molecule has 4 rings (SSSR count). The summed E-state index contributed by atoms with van der Waals surface area (Å²) >= 11 is 0. The molecule has 0 saturated heterocycles. The summed E-state index contributed by atoms with van der Waals surface area (Å²) in [4.78, 5) is 29.7. The van der Waals surface area contributed by atoms with E-state index >= 15 is 0 Å². The second-order valence-electron chi connectivity index (χ2n) is 12.4. The number of carbonyl (C=O) groups is 2. The van der Waals surface area contributed by atoms with E-state index in [0.717, 1.165) is 22.5 Å². The summed E-state index contributed by atoms with van der Waals surface area (Å²) in [6.07, 6.45) is 0.680. The number of rotatable bonds is 7. The smallest absolute Gasteiger partial charge is 0.870 e. The molecule has 11 heteroatoms. The van der Waals surface area contributed by atoms with Gasteiger partial charge < -0.3 is 29.9 Å². The number of carboxylic acid groups (broad SMARTS) is 2. The molecule has 2 N–H and O–H groups in total. The van der Waals surface area contributed by atoms with Crippen molar-refractivity contribution in [3.63, 3.8) is 0 Å². The molecule has 51 heavy (non-hydrogen) atoms. The van der Waals surface area contributed by atoms with Crippen molar-refractivity contribution in [1.29, 1.82) is 0 Å². The van der Waals surface area contributed by atoms with E-state index in [4.69, 9.17) is 15.2 Å². The zero-order chi connectivity index (χ0) is 37.7. The number of ether oxygens (including phenoxy) is 2. The molecule has 0 amide bonds. The van der Waals surface area contributed by atoms with Crippen LogP contribution in [0.4, 0.5) is 21.0 Å². The van der Waals surface area contributed by atoms with Crippen LogP contribution in [0.3, 0.4) is 0 Å². The van der Waals surface area contributed by atoms with E-state index in [1.165, 1.54) is 34.4 Å². The van der Waals surface area contributed by atoms with Gasteiger partial charge in [-0.25, -0.2) is 9.59 Å². The minimum atomic E-state index is -1.47. The quantitative estimate of drug-likeness (QED) is 0.0819. The Labute approximate surface area is 310 Å². The van der Waals surface area contributed by atoms with E-state index in [1.54, 1.807) is 46.0 Å². The number of aryl methyl sites for hydroxylation is 6. The molecule has 0 radical (unpaired) electrons. The standard InChI is InChI=1S/C22H28N2.2C9H10O4.Ni/c1-15(2)19-11-8-12-20(16(3)4)22(19)24-14-13-23-21-17(5)9-7-10-18(21)6;2*1-5-3-6(2)8(10)7(4-5)13-9(11)12;/h7-16H,1-6H3;2*3-4,10H,1-2H3,(H,11,12);/q;;;+2/p-2. The number of benzene rings is 4. The molecular weight excluding hydrogens is 695 g/mol. The Balaban J connectivity index is 0.000000411. The van der Waals surface area contributed by atoms with Crippen LogP contribution in [0, 0.1) is 41.5 Å². The number of para-hydroxylation sites is 2. The molecule has 274 valence electrons. The van der Waals surface area contributed by atoms with Crippen LogP contribution < -0.4 is 19.7 Å². The molecule has 0 spiro atoms. The van der Waals surface area contributed by atoms with Gasteiger partial charge in [0.1, 0.15) is 11.5 Å². The molecule has 0 saturated carbocycles. The van der Waals surface area contributed by atoms with Gasteiger partial charge in [-0.1, -0.05) is 98.9 Å². The van der Waals surface area contributed by atoms with Crippen molar-refractivity contribution < 1.29 is 56.0 Å². The number of hydrogen-bond acceptors (Lipinski definition) is 8. The normalized spacial score (nSPS) is 10.7. The van der Waals surface area contributed by atoms with Gasteiger partial charge in [-0.05, 0) is 98.9 Å². The Bertz CT molecular complexity index is 1750. The van der Waals surface area contributed by atoms with Gasteiger partial charge in [0, 0.05) is 12.4 Å². The molecule has 0 aliphatic carbocycles. The van der Waals surface area contributed by atoms with Crippen molar-refractivity contribution in [3.8, 4) is 23.0 Å². The van der Waals surface area contributed by atoms with E-state index in [2.05, 4.69) is 92.4 Å². The third-order valence-corrected chi connectivity index (χ3v) is 7.42.